The Morgan fingerprint density at radius 3 is 2.85 bits per heavy atom. The molecule has 0 saturated carbocycles. The average molecular weight is 200 g/mol. The van der Waals surface area contributed by atoms with Crippen molar-refractivity contribution >= 4 is 17.4 Å². The van der Waals surface area contributed by atoms with Crippen LogP contribution in [0.5, 0.6) is 0 Å². The van der Waals surface area contributed by atoms with Crippen molar-refractivity contribution in [3.63, 3.8) is 0 Å². The second-order valence-electron chi connectivity index (χ2n) is 3.06. The molecule has 0 aliphatic rings. The van der Waals surface area contributed by atoms with Gasteiger partial charge in [-0.3, -0.25) is 5.43 Å². The van der Waals surface area contributed by atoms with Crippen molar-refractivity contribution in [3.05, 3.63) is 16.6 Å². The fourth-order valence-corrected chi connectivity index (χ4v) is 1.62. The summed E-state index contributed by atoms with van der Waals surface area (Å²) >= 11 is 1.49. The van der Waals surface area contributed by atoms with Gasteiger partial charge in [0.15, 0.2) is 0 Å². The van der Waals surface area contributed by atoms with Crippen LogP contribution in [0, 0.1) is 0 Å². The van der Waals surface area contributed by atoms with Gasteiger partial charge in [0.1, 0.15) is 5.01 Å². The van der Waals surface area contributed by atoms with Crippen molar-refractivity contribution in [3.8, 4) is 0 Å². The molecule has 1 rings (SSSR count). The number of hydrazine groups is 1. The Balaban J connectivity index is 2.72. The zero-order chi connectivity index (χ0) is 9.90. The summed E-state index contributed by atoms with van der Waals surface area (Å²) in [5.41, 5.74) is 1.52. The highest BCUT2D eigenvalue weighted by Gasteiger charge is 2.24. The van der Waals surface area contributed by atoms with Gasteiger partial charge in [0.25, 0.3) is 0 Å². The molecule has 0 radical (unpaired) electrons. The summed E-state index contributed by atoms with van der Waals surface area (Å²) in [6, 6.07) is -0.416. The van der Waals surface area contributed by atoms with Crippen molar-refractivity contribution in [2.24, 2.45) is 5.84 Å². The minimum absolute atomic E-state index is 0.416. The summed E-state index contributed by atoms with van der Waals surface area (Å²) in [7, 11) is 0. The molecule has 0 atom stereocenters. The van der Waals surface area contributed by atoms with Gasteiger partial charge in [-0.25, -0.2) is 15.6 Å². The smallest absolute Gasteiger partial charge is 0.326 e. The Hall–Kier alpha value is -1.14. The van der Waals surface area contributed by atoms with E-state index in [4.69, 9.17) is 5.84 Å². The molecular weight excluding hydrogens is 188 g/mol. The van der Waals surface area contributed by atoms with E-state index < -0.39 is 11.6 Å². The predicted octanol–water partition coefficient (Wildman–Crippen LogP) is 0.551. The third-order valence-corrected chi connectivity index (χ3v) is 2.62. The number of urea groups is 1. The lowest BCUT2D eigenvalue weighted by atomic mass is 10.1. The van der Waals surface area contributed by atoms with E-state index in [0.29, 0.717) is 0 Å². The van der Waals surface area contributed by atoms with Gasteiger partial charge in [0.05, 0.1) is 5.54 Å². The Morgan fingerprint density at radius 2 is 2.38 bits per heavy atom. The maximum atomic E-state index is 11.0. The van der Waals surface area contributed by atoms with Crippen molar-refractivity contribution < 1.29 is 4.79 Å². The Bertz CT molecular complexity index is 283. The minimum Gasteiger partial charge on any atom is -0.326 e. The third-order valence-electron chi connectivity index (χ3n) is 1.52. The zero-order valence-corrected chi connectivity index (χ0v) is 8.31. The SMILES string of the molecule is CC(C)(NC(=O)NN)c1nccs1. The van der Waals surface area contributed by atoms with E-state index in [0.717, 1.165) is 5.01 Å². The normalized spacial score (nSPS) is 11.0. The number of thiazole rings is 1. The van der Waals surface area contributed by atoms with Gasteiger partial charge < -0.3 is 5.32 Å². The molecule has 0 saturated heterocycles. The van der Waals surface area contributed by atoms with Gasteiger partial charge in [-0.05, 0) is 13.8 Å². The number of nitrogens with one attached hydrogen (secondary N) is 2. The van der Waals surface area contributed by atoms with Crippen LogP contribution in [-0.2, 0) is 5.54 Å². The molecule has 1 aromatic heterocycles. The topological polar surface area (TPSA) is 80.0 Å². The van der Waals surface area contributed by atoms with Crippen LogP contribution < -0.4 is 16.6 Å². The monoisotopic (exact) mass is 200 g/mol. The lowest BCUT2D eigenvalue weighted by Gasteiger charge is -2.23. The summed E-state index contributed by atoms with van der Waals surface area (Å²) in [5.74, 6) is 4.95. The molecular formula is C7H12N4OS. The number of amides is 2. The number of hydrogen-bond donors (Lipinski definition) is 3. The second-order valence-corrected chi connectivity index (χ2v) is 3.96. The standard InChI is InChI=1S/C7H12N4OS/c1-7(2,10-6(12)11-8)5-9-3-4-13-5/h3-4H,8H2,1-2H3,(H2,10,11,12). The number of hydrogen-bond acceptors (Lipinski definition) is 4. The summed E-state index contributed by atoms with van der Waals surface area (Å²) in [4.78, 5) is 15.1. The van der Waals surface area contributed by atoms with Gasteiger partial charge in [0.2, 0.25) is 0 Å². The van der Waals surface area contributed by atoms with Crippen LogP contribution >= 0.6 is 11.3 Å². The molecule has 5 nitrogen and oxygen atoms in total. The molecule has 13 heavy (non-hydrogen) atoms. The number of carbonyl (C=O) groups is 1. The lowest BCUT2D eigenvalue weighted by molar-refractivity contribution is 0.230. The van der Waals surface area contributed by atoms with Crippen LogP contribution in [0.15, 0.2) is 11.6 Å². The van der Waals surface area contributed by atoms with Crippen molar-refractivity contribution in [2.75, 3.05) is 0 Å². The fraction of sp³-hybridized carbons (Fsp3) is 0.429. The first-order valence-electron chi connectivity index (χ1n) is 3.75. The summed E-state index contributed by atoms with van der Waals surface area (Å²) in [6.45, 7) is 3.72. The molecule has 0 unspecified atom stereocenters. The molecule has 0 aliphatic heterocycles. The largest absolute Gasteiger partial charge is 0.329 e. The summed E-state index contributed by atoms with van der Waals surface area (Å²) in [5, 5.41) is 5.39. The van der Waals surface area contributed by atoms with Crippen LogP contribution in [0.4, 0.5) is 4.79 Å². The van der Waals surface area contributed by atoms with E-state index in [-0.39, 0.29) is 0 Å². The number of aromatic nitrogens is 1. The molecule has 2 amide bonds. The van der Waals surface area contributed by atoms with E-state index in [2.05, 4.69) is 10.3 Å². The first kappa shape index (κ1) is 9.94. The van der Waals surface area contributed by atoms with Gasteiger partial charge in [-0.15, -0.1) is 11.3 Å². The predicted molar refractivity (Wildman–Crippen MR) is 51.0 cm³/mol. The van der Waals surface area contributed by atoms with Crippen molar-refractivity contribution in [1.82, 2.24) is 15.7 Å². The highest BCUT2D eigenvalue weighted by Crippen LogP contribution is 2.21. The van der Waals surface area contributed by atoms with Crippen LogP contribution in [-0.4, -0.2) is 11.0 Å². The molecule has 1 aromatic rings. The quantitative estimate of drug-likeness (QED) is 0.370. The molecule has 1 heterocycles. The first-order valence-corrected chi connectivity index (χ1v) is 4.63. The van der Waals surface area contributed by atoms with Crippen LogP contribution in [0.25, 0.3) is 0 Å². The van der Waals surface area contributed by atoms with Gasteiger partial charge in [0, 0.05) is 11.6 Å². The van der Waals surface area contributed by atoms with Crippen LogP contribution in [0.2, 0.25) is 0 Å². The maximum absolute atomic E-state index is 11.0. The molecule has 4 N–H and O–H groups in total. The number of nitrogens with zero attached hydrogens (tertiary/aromatic N) is 1. The summed E-state index contributed by atoms with van der Waals surface area (Å²) in [6.07, 6.45) is 1.70. The number of nitrogens with two attached hydrogens (primary N) is 1. The molecule has 6 heteroatoms. The molecule has 72 valence electrons. The highest BCUT2D eigenvalue weighted by atomic mass is 32.1. The highest BCUT2D eigenvalue weighted by molar-refractivity contribution is 7.09. The Kier molecular flexibility index (Phi) is 2.84. The van der Waals surface area contributed by atoms with Crippen molar-refractivity contribution in [2.45, 2.75) is 19.4 Å². The van der Waals surface area contributed by atoms with E-state index in [9.17, 15) is 4.79 Å². The van der Waals surface area contributed by atoms with Gasteiger partial charge >= 0.3 is 6.03 Å². The number of carbonyl (C=O) groups excluding carboxylic acids is 1. The van der Waals surface area contributed by atoms with E-state index in [1.54, 1.807) is 6.20 Å². The molecule has 0 spiro atoms. The molecule has 0 aliphatic carbocycles. The van der Waals surface area contributed by atoms with Gasteiger partial charge in [-0.2, -0.15) is 0 Å². The second kappa shape index (κ2) is 3.71. The number of rotatable bonds is 2. The summed E-state index contributed by atoms with van der Waals surface area (Å²) < 4.78 is 0. The van der Waals surface area contributed by atoms with E-state index in [1.165, 1.54) is 11.3 Å². The lowest BCUT2D eigenvalue weighted by Crippen LogP contribution is -2.48. The van der Waals surface area contributed by atoms with Crippen LogP contribution in [0.3, 0.4) is 0 Å². The Morgan fingerprint density at radius 1 is 1.69 bits per heavy atom. The van der Waals surface area contributed by atoms with Crippen molar-refractivity contribution in [1.29, 1.82) is 0 Å². The first-order chi connectivity index (χ1) is 6.06. The minimum atomic E-state index is -0.488. The Labute approximate surface area is 80.3 Å². The van der Waals surface area contributed by atoms with E-state index >= 15 is 0 Å². The average Bonchev–Trinajstić information content (AvgIpc) is 2.55. The fourth-order valence-electron chi connectivity index (χ4n) is 0.906. The molecule has 0 aromatic carbocycles. The van der Waals surface area contributed by atoms with Crippen LogP contribution in [0.1, 0.15) is 18.9 Å². The molecule has 0 fully saturated rings. The maximum Gasteiger partial charge on any atom is 0.329 e. The van der Waals surface area contributed by atoms with Gasteiger partial charge in [-0.1, -0.05) is 0 Å². The third kappa shape index (κ3) is 2.40. The van der Waals surface area contributed by atoms with E-state index in [1.807, 2.05) is 24.7 Å². The molecule has 0 bridgehead atoms. The zero-order valence-electron chi connectivity index (χ0n) is 7.50.